The van der Waals surface area contributed by atoms with E-state index in [0.29, 0.717) is 19.0 Å². The minimum atomic E-state index is -1.04. The van der Waals surface area contributed by atoms with E-state index in [1.165, 1.54) is 6.33 Å². The van der Waals surface area contributed by atoms with Crippen LogP contribution >= 0.6 is 0 Å². The van der Waals surface area contributed by atoms with Crippen molar-refractivity contribution in [1.82, 2.24) is 14.8 Å². The number of hydrogen-bond acceptors (Lipinski definition) is 3. The Morgan fingerprint density at radius 3 is 2.92 bits per heavy atom. The van der Waals surface area contributed by atoms with E-state index >= 15 is 0 Å². The van der Waals surface area contributed by atoms with Gasteiger partial charge >= 0.3 is 0 Å². The highest BCUT2D eigenvalue weighted by Gasteiger charge is 2.32. The molecule has 0 N–H and O–H groups in total. The third-order valence-corrected chi connectivity index (χ3v) is 2.07. The molecule has 0 bridgehead atoms. The average Bonchev–Trinajstić information content (AvgIpc) is 2.31. The van der Waals surface area contributed by atoms with Crippen molar-refractivity contribution >= 4 is 0 Å². The van der Waals surface area contributed by atoms with Crippen molar-refractivity contribution in [2.45, 2.75) is 6.17 Å². The summed E-state index contributed by atoms with van der Waals surface area (Å²) in [4.78, 5) is 0. The lowest BCUT2D eigenvalue weighted by molar-refractivity contribution is -0.0718. The van der Waals surface area contributed by atoms with Crippen molar-refractivity contribution in [3.8, 4) is 0 Å². The smallest absolute Gasteiger partial charge is 0.167 e. The zero-order valence-electron chi connectivity index (χ0n) is 6.77. The highest BCUT2D eigenvalue weighted by Crippen LogP contribution is 2.29. The average molecular weight is 171 g/mol. The summed E-state index contributed by atoms with van der Waals surface area (Å²) in [7, 11) is 1.74. The quantitative estimate of drug-likeness (QED) is 0.649. The third-order valence-electron chi connectivity index (χ3n) is 2.07. The summed E-state index contributed by atoms with van der Waals surface area (Å²) in [5, 5.41) is 7.32. The summed E-state index contributed by atoms with van der Waals surface area (Å²) in [6, 6.07) is 0. The van der Waals surface area contributed by atoms with Crippen LogP contribution < -0.4 is 0 Å². The molecule has 1 aromatic heterocycles. The fraction of sp³-hybridized carbons (Fsp3) is 0.714. The van der Waals surface area contributed by atoms with E-state index in [1.807, 2.05) is 0 Å². The molecule has 1 atom stereocenters. The van der Waals surface area contributed by atoms with Crippen LogP contribution in [0.3, 0.4) is 0 Å². The number of alkyl halides is 1. The van der Waals surface area contributed by atoms with Gasteiger partial charge in [-0.2, -0.15) is 0 Å². The molecule has 0 aromatic carbocycles. The summed E-state index contributed by atoms with van der Waals surface area (Å²) in [6.07, 6.45) is 0.466. The maximum Gasteiger partial charge on any atom is 0.167 e. The van der Waals surface area contributed by atoms with Crippen LogP contribution in [0.5, 0.6) is 0 Å². The molecule has 0 radical (unpaired) electrons. The van der Waals surface area contributed by atoms with E-state index in [4.69, 9.17) is 4.74 Å². The summed E-state index contributed by atoms with van der Waals surface area (Å²) < 4.78 is 20.0. The van der Waals surface area contributed by atoms with Crippen molar-refractivity contribution in [1.29, 1.82) is 0 Å². The fourth-order valence-corrected chi connectivity index (χ4v) is 1.18. The Bertz CT molecular complexity index is 271. The van der Waals surface area contributed by atoms with Crippen molar-refractivity contribution in [3.63, 3.8) is 0 Å². The zero-order valence-corrected chi connectivity index (χ0v) is 6.77. The van der Waals surface area contributed by atoms with Gasteiger partial charge in [-0.15, -0.1) is 10.2 Å². The molecule has 5 heteroatoms. The van der Waals surface area contributed by atoms with Crippen LogP contribution in [-0.2, 0) is 11.8 Å². The first kappa shape index (κ1) is 7.67. The first-order valence-electron chi connectivity index (χ1n) is 3.84. The molecule has 1 aromatic rings. The number of aryl methyl sites for hydroxylation is 1. The lowest BCUT2D eigenvalue weighted by Gasteiger charge is -2.28. The van der Waals surface area contributed by atoms with Crippen LogP contribution in [0.15, 0.2) is 6.33 Å². The molecule has 1 aliphatic heterocycles. The molecule has 1 fully saturated rings. The number of rotatable bonds is 2. The molecule has 0 amide bonds. The Hall–Kier alpha value is -0.970. The van der Waals surface area contributed by atoms with Gasteiger partial charge in [0.25, 0.3) is 0 Å². The molecule has 66 valence electrons. The van der Waals surface area contributed by atoms with Crippen LogP contribution in [0, 0.1) is 5.92 Å². The third kappa shape index (κ3) is 1.10. The van der Waals surface area contributed by atoms with E-state index in [-0.39, 0.29) is 5.92 Å². The molecule has 2 heterocycles. The molecule has 12 heavy (non-hydrogen) atoms. The van der Waals surface area contributed by atoms with E-state index in [1.54, 1.807) is 11.6 Å². The van der Waals surface area contributed by atoms with Gasteiger partial charge in [0.05, 0.1) is 13.2 Å². The summed E-state index contributed by atoms with van der Waals surface area (Å²) in [6.45, 7) is 0.988. The van der Waals surface area contributed by atoms with Crippen molar-refractivity contribution in [3.05, 3.63) is 12.2 Å². The molecule has 1 saturated heterocycles. The second-order valence-corrected chi connectivity index (χ2v) is 3.00. The molecular weight excluding hydrogens is 161 g/mol. The topological polar surface area (TPSA) is 39.9 Å². The number of hydrogen-bond donors (Lipinski definition) is 0. The van der Waals surface area contributed by atoms with E-state index < -0.39 is 6.17 Å². The first-order valence-corrected chi connectivity index (χ1v) is 3.84. The van der Waals surface area contributed by atoms with Crippen LogP contribution in [0.2, 0.25) is 0 Å². The van der Waals surface area contributed by atoms with Gasteiger partial charge in [0.1, 0.15) is 6.33 Å². The fourth-order valence-electron chi connectivity index (χ4n) is 1.18. The van der Waals surface area contributed by atoms with Crippen LogP contribution in [-0.4, -0.2) is 28.0 Å². The molecule has 4 nitrogen and oxygen atoms in total. The van der Waals surface area contributed by atoms with Gasteiger partial charge in [-0.3, -0.25) is 0 Å². The molecule has 2 rings (SSSR count). The normalized spacial score (nSPS) is 20.5. The predicted molar refractivity (Wildman–Crippen MR) is 39.2 cm³/mol. The molecule has 0 saturated carbocycles. The minimum Gasteiger partial charge on any atom is -0.380 e. The highest BCUT2D eigenvalue weighted by molar-refractivity contribution is 4.95. The maximum atomic E-state index is 13.5. The number of halogens is 1. The second kappa shape index (κ2) is 2.82. The Labute approximate surface area is 69.4 Å². The first-order chi connectivity index (χ1) is 5.79. The molecule has 1 unspecified atom stereocenters. The van der Waals surface area contributed by atoms with Crippen LogP contribution in [0.4, 0.5) is 4.39 Å². The second-order valence-electron chi connectivity index (χ2n) is 3.00. The lowest BCUT2D eigenvalue weighted by atomic mass is 10.0. The maximum absolute atomic E-state index is 13.5. The van der Waals surface area contributed by atoms with E-state index in [0.717, 1.165) is 0 Å². The van der Waals surface area contributed by atoms with Gasteiger partial charge in [0, 0.05) is 13.0 Å². The largest absolute Gasteiger partial charge is 0.380 e. The van der Waals surface area contributed by atoms with Gasteiger partial charge in [0.15, 0.2) is 12.0 Å². The van der Waals surface area contributed by atoms with Crippen molar-refractivity contribution in [2.24, 2.45) is 13.0 Å². The number of aromatic nitrogens is 3. The highest BCUT2D eigenvalue weighted by atomic mass is 19.1. The van der Waals surface area contributed by atoms with Crippen LogP contribution in [0.1, 0.15) is 12.0 Å². The Morgan fingerprint density at radius 1 is 1.75 bits per heavy atom. The summed E-state index contributed by atoms with van der Waals surface area (Å²) in [5.41, 5.74) is 0. The predicted octanol–water partition coefficient (Wildman–Crippen LogP) is 0.472. The van der Waals surface area contributed by atoms with E-state index in [2.05, 4.69) is 10.2 Å². The van der Waals surface area contributed by atoms with Crippen molar-refractivity contribution in [2.75, 3.05) is 13.2 Å². The monoisotopic (exact) mass is 171 g/mol. The molecule has 1 aliphatic rings. The molecule has 0 aliphatic carbocycles. The Balaban J connectivity index is 2.13. The lowest BCUT2D eigenvalue weighted by Crippen LogP contribution is -2.32. The van der Waals surface area contributed by atoms with Crippen molar-refractivity contribution < 1.29 is 9.13 Å². The van der Waals surface area contributed by atoms with Gasteiger partial charge in [-0.25, -0.2) is 4.39 Å². The van der Waals surface area contributed by atoms with Gasteiger partial charge in [0.2, 0.25) is 0 Å². The zero-order chi connectivity index (χ0) is 8.55. The Morgan fingerprint density at radius 2 is 2.50 bits per heavy atom. The summed E-state index contributed by atoms with van der Waals surface area (Å²) >= 11 is 0. The SMILES string of the molecule is Cn1cnnc1C(F)C1COC1. The number of ether oxygens (including phenoxy) is 1. The van der Waals surface area contributed by atoms with Gasteiger partial charge < -0.3 is 9.30 Å². The van der Waals surface area contributed by atoms with Gasteiger partial charge in [-0.05, 0) is 0 Å². The Kier molecular flexibility index (Phi) is 1.80. The molecule has 0 spiro atoms. The van der Waals surface area contributed by atoms with Crippen LogP contribution in [0.25, 0.3) is 0 Å². The summed E-state index contributed by atoms with van der Waals surface area (Å²) in [5.74, 6) is 0.358. The standard InChI is InChI=1S/C7H10FN3O/c1-11-4-9-10-7(11)6(8)5-2-12-3-5/h4-6H,2-3H2,1H3. The minimum absolute atomic E-state index is 0.0344. The van der Waals surface area contributed by atoms with E-state index in [9.17, 15) is 4.39 Å². The van der Waals surface area contributed by atoms with Gasteiger partial charge in [-0.1, -0.05) is 0 Å². The molecular formula is C7H10FN3O. The number of nitrogens with zero attached hydrogens (tertiary/aromatic N) is 3.